The van der Waals surface area contributed by atoms with Gasteiger partial charge in [0.25, 0.3) is 10.0 Å². The standard InChI is InChI=1S/C10H19N3O3S2/c1-7(4-5-17-3)13-18(15,16)10-9(6-14)8(2)11-12-10/h7,13-14H,4-6H2,1-3H3,(H,11,12). The number of aliphatic hydroxyl groups is 1. The molecule has 104 valence electrons. The maximum Gasteiger partial charge on any atom is 0.260 e. The summed E-state index contributed by atoms with van der Waals surface area (Å²) in [4.78, 5) is 0. The number of sulfonamides is 1. The van der Waals surface area contributed by atoms with E-state index in [0.717, 1.165) is 12.2 Å². The van der Waals surface area contributed by atoms with Crippen molar-refractivity contribution in [2.45, 2.75) is 37.9 Å². The second-order valence-corrected chi connectivity index (χ2v) is 6.71. The minimum Gasteiger partial charge on any atom is -0.392 e. The average molecular weight is 293 g/mol. The molecule has 1 heterocycles. The van der Waals surface area contributed by atoms with Gasteiger partial charge < -0.3 is 5.11 Å². The van der Waals surface area contributed by atoms with Gasteiger partial charge in [0.05, 0.1) is 6.61 Å². The summed E-state index contributed by atoms with van der Waals surface area (Å²) in [7, 11) is -3.67. The van der Waals surface area contributed by atoms with Gasteiger partial charge in [-0.1, -0.05) is 0 Å². The zero-order chi connectivity index (χ0) is 13.8. The van der Waals surface area contributed by atoms with Crippen LogP contribution in [0.2, 0.25) is 0 Å². The summed E-state index contributed by atoms with van der Waals surface area (Å²) in [5.74, 6) is 0.885. The number of nitrogens with zero attached hydrogens (tertiary/aromatic N) is 1. The zero-order valence-electron chi connectivity index (χ0n) is 10.7. The molecule has 0 aromatic carbocycles. The topological polar surface area (TPSA) is 95.1 Å². The number of hydrogen-bond acceptors (Lipinski definition) is 5. The highest BCUT2D eigenvalue weighted by molar-refractivity contribution is 7.98. The normalized spacial score (nSPS) is 13.8. The molecule has 1 atom stereocenters. The highest BCUT2D eigenvalue weighted by Crippen LogP contribution is 2.16. The number of nitrogens with one attached hydrogen (secondary N) is 2. The number of H-pyrrole nitrogens is 1. The quantitative estimate of drug-likeness (QED) is 0.685. The van der Waals surface area contributed by atoms with Crippen LogP contribution in [0.15, 0.2) is 5.03 Å². The Morgan fingerprint density at radius 2 is 2.22 bits per heavy atom. The number of aromatic amines is 1. The molecular weight excluding hydrogens is 274 g/mol. The first-order chi connectivity index (χ1) is 8.42. The third-order valence-electron chi connectivity index (χ3n) is 2.56. The van der Waals surface area contributed by atoms with Crippen molar-refractivity contribution in [2.24, 2.45) is 0 Å². The Labute approximate surface area is 112 Å². The largest absolute Gasteiger partial charge is 0.392 e. The van der Waals surface area contributed by atoms with Crippen LogP contribution in [0.5, 0.6) is 0 Å². The molecule has 6 nitrogen and oxygen atoms in total. The summed E-state index contributed by atoms with van der Waals surface area (Å²) in [6, 6.07) is -0.161. The van der Waals surface area contributed by atoms with E-state index in [1.807, 2.05) is 13.2 Å². The van der Waals surface area contributed by atoms with E-state index in [1.165, 1.54) is 0 Å². The molecule has 0 aliphatic heterocycles. The number of thioether (sulfide) groups is 1. The first-order valence-corrected chi connectivity index (χ1v) is 8.46. The molecule has 1 rings (SSSR count). The predicted octanol–water partition coefficient (Wildman–Crippen LogP) is 0.630. The fraction of sp³-hybridized carbons (Fsp3) is 0.700. The molecule has 0 amide bonds. The minimum atomic E-state index is -3.67. The van der Waals surface area contributed by atoms with Crippen LogP contribution in [-0.4, -0.2) is 41.8 Å². The van der Waals surface area contributed by atoms with Crippen LogP contribution >= 0.6 is 11.8 Å². The van der Waals surface area contributed by atoms with Crippen LogP contribution in [0.4, 0.5) is 0 Å². The summed E-state index contributed by atoms with van der Waals surface area (Å²) in [5, 5.41) is 15.4. The summed E-state index contributed by atoms with van der Waals surface area (Å²) >= 11 is 1.67. The van der Waals surface area contributed by atoms with Gasteiger partial charge in [0.1, 0.15) is 0 Å². The SMILES string of the molecule is CSCCC(C)NS(=O)(=O)c1n[nH]c(C)c1CO. The number of aromatic nitrogens is 2. The summed E-state index contributed by atoms with van der Waals surface area (Å²) < 4.78 is 26.7. The summed E-state index contributed by atoms with van der Waals surface area (Å²) in [6.07, 6.45) is 2.72. The third-order valence-corrected chi connectivity index (χ3v) is 4.76. The first kappa shape index (κ1) is 15.5. The molecule has 1 unspecified atom stereocenters. The Morgan fingerprint density at radius 3 is 2.78 bits per heavy atom. The lowest BCUT2D eigenvalue weighted by Gasteiger charge is -2.12. The van der Waals surface area contributed by atoms with Gasteiger partial charge in [0.15, 0.2) is 5.03 Å². The molecule has 0 radical (unpaired) electrons. The Balaban J connectivity index is 2.86. The molecule has 0 bridgehead atoms. The van der Waals surface area contributed by atoms with E-state index in [9.17, 15) is 13.5 Å². The Kier molecular flexibility index (Phi) is 5.64. The number of hydrogen-bond donors (Lipinski definition) is 3. The highest BCUT2D eigenvalue weighted by Gasteiger charge is 2.24. The second-order valence-electron chi connectivity index (χ2n) is 4.09. The third kappa shape index (κ3) is 3.71. The van der Waals surface area contributed by atoms with E-state index >= 15 is 0 Å². The maximum atomic E-state index is 12.1. The molecule has 8 heteroatoms. The second kappa shape index (κ2) is 6.55. The molecule has 0 saturated heterocycles. The van der Waals surface area contributed by atoms with Crippen molar-refractivity contribution in [2.75, 3.05) is 12.0 Å². The van der Waals surface area contributed by atoms with Crippen molar-refractivity contribution >= 4 is 21.8 Å². The van der Waals surface area contributed by atoms with Crippen LogP contribution in [0.1, 0.15) is 24.6 Å². The van der Waals surface area contributed by atoms with Crippen molar-refractivity contribution < 1.29 is 13.5 Å². The lowest BCUT2D eigenvalue weighted by molar-refractivity contribution is 0.277. The Hall–Kier alpha value is -0.570. The number of rotatable bonds is 7. The van der Waals surface area contributed by atoms with Crippen LogP contribution in [0.25, 0.3) is 0 Å². The first-order valence-electron chi connectivity index (χ1n) is 5.58. The van der Waals surface area contributed by atoms with E-state index in [-0.39, 0.29) is 17.7 Å². The van der Waals surface area contributed by atoms with E-state index in [0.29, 0.717) is 11.3 Å². The van der Waals surface area contributed by atoms with Crippen molar-refractivity contribution in [1.29, 1.82) is 0 Å². The fourth-order valence-corrected chi connectivity index (χ4v) is 3.57. The van der Waals surface area contributed by atoms with Gasteiger partial charge in [-0.25, -0.2) is 13.1 Å². The van der Waals surface area contributed by atoms with Gasteiger partial charge in [-0.15, -0.1) is 0 Å². The van der Waals surface area contributed by atoms with E-state index < -0.39 is 10.0 Å². The fourth-order valence-electron chi connectivity index (χ4n) is 1.51. The van der Waals surface area contributed by atoms with E-state index in [1.54, 1.807) is 18.7 Å². The van der Waals surface area contributed by atoms with Crippen molar-refractivity contribution in [3.05, 3.63) is 11.3 Å². The Bertz CT molecular complexity index is 485. The van der Waals surface area contributed by atoms with Crippen molar-refractivity contribution in [1.82, 2.24) is 14.9 Å². The van der Waals surface area contributed by atoms with Crippen LogP contribution < -0.4 is 4.72 Å². The predicted molar refractivity (Wildman–Crippen MR) is 72.0 cm³/mol. The lowest BCUT2D eigenvalue weighted by atomic mass is 10.3. The number of aryl methyl sites for hydroxylation is 1. The van der Waals surface area contributed by atoms with E-state index in [4.69, 9.17) is 0 Å². The van der Waals surface area contributed by atoms with Crippen LogP contribution in [0.3, 0.4) is 0 Å². The van der Waals surface area contributed by atoms with Gasteiger partial charge >= 0.3 is 0 Å². The van der Waals surface area contributed by atoms with Crippen LogP contribution in [-0.2, 0) is 16.6 Å². The Morgan fingerprint density at radius 1 is 1.56 bits per heavy atom. The molecule has 1 aromatic heterocycles. The van der Waals surface area contributed by atoms with Crippen molar-refractivity contribution in [3.8, 4) is 0 Å². The van der Waals surface area contributed by atoms with Crippen LogP contribution in [0, 0.1) is 6.92 Å². The van der Waals surface area contributed by atoms with Gasteiger partial charge in [0, 0.05) is 17.3 Å². The highest BCUT2D eigenvalue weighted by atomic mass is 32.2. The molecule has 0 aliphatic carbocycles. The molecule has 0 saturated carbocycles. The lowest BCUT2D eigenvalue weighted by Crippen LogP contribution is -2.33. The van der Waals surface area contributed by atoms with Gasteiger partial charge in [-0.2, -0.15) is 16.9 Å². The molecule has 0 aliphatic rings. The van der Waals surface area contributed by atoms with Crippen molar-refractivity contribution in [3.63, 3.8) is 0 Å². The van der Waals surface area contributed by atoms with Gasteiger partial charge in [-0.3, -0.25) is 5.10 Å². The summed E-state index contributed by atoms with van der Waals surface area (Å²) in [5.41, 5.74) is 0.884. The summed E-state index contributed by atoms with van der Waals surface area (Å²) in [6.45, 7) is 3.14. The average Bonchev–Trinajstić information content (AvgIpc) is 2.67. The molecular formula is C10H19N3O3S2. The molecule has 3 N–H and O–H groups in total. The molecule has 18 heavy (non-hydrogen) atoms. The zero-order valence-corrected chi connectivity index (χ0v) is 12.4. The van der Waals surface area contributed by atoms with Gasteiger partial charge in [0.2, 0.25) is 0 Å². The molecule has 1 aromatic rings. The smallest absolute Gasteiger partial charge is 0.260 e. The van der Waals surface area contributed by atoms with Gasteiger partial charge in [-0.05, 0) is 32.3 Å². The maximum absolute atomic E-state index is 12.1. The minimum absolute atomic E-state index is 0.112. The number of aliphatic hydroxyl groups excluding tert-OH is 1. The molecule has 0 spiro atoms. The van der Waals surface area contributed by atoms with E-state index in [2.05, 4.69) is 14.9 Å². The molecule has 0 fully saturated rings. The monoisotopic (exact) mass is 293 g/mol.